The minimum Gasteiger partial charge on any atom is -0.494 e. The van der Waals surface area contributed by atoms with Gasteiger partial charge in [-0.2, -0.15) is 5.10 Å². The number of halogens is 1. The SMILES string of the molecule is CCOc1ccc(/C=N\NC(=O)c2ccccc2Cl)cc1. The highest BCUT2D eigenvalue weighted by Gasteiger charge is 2.07. The zero-order chi connectivity index (χ0) is 15.1. The fourth-order valence-corrected chi connectivity index (χ4v) is 1.91. The fourth-order valence-electron chi connectivity index (χ4n) is 1.69. The molecule has 0 aliphatic carbocycles. The second kappa shape index (κ2) is 7.45. The van der Waals surface area contributed by atoms with Crippen LogP contribution < -0.4 is 10.2 Å². The second-order valence-electron chi connectivity index (χ2n) is 4.18. The van der Waals surface area contributed by atoms with Gasteiger partial charge in [-0.15, -0.1) is 0 Å². The van der Waals surface area contributed by atoms with E-state index in [1.165, 1.54) is 0 Å². The quantitative estimate of drug-likeness (QED) is 0.679. The molecule has 0 aliphatic heterocycles. The van der Waals surface area contributed by atoms with Crippen molar-refractivity contribution in [1.82, 2.24) is 5.43 Å². The zero-order valence-corrected chi connectivity index (χ0v) is 12.3. The van der Waals surface area contributed by atoms with Gasteiger partial charge < -0.3 is 4.74 Å². The summed E-state index contributed by atoms with van der Waals surface area (Å²) in [5.74, 6) is 0.456. The van der Waals surface area contributed by atoms with E-state index in [4.69, 9.17) is 16.3 Å². The Balaban J connectivity index is 1.96. The Morgan fingerprint density at radius 3 is 2.62 bits per heavy atom. The summed E-state index contributed by atoms with van der Waals surface area (Å²) >= 11 is 5.94. The highest BCUT2D eigenvalue weighted by molar-refractivity contribution is 6.33. The minimum atomic E-state index is -0.345. The molecule has 0 heterocycles. The van der Waals surface area contributed by atoms with Crippen LogP contribution >= 0.6 is 11.6 Å². The number of carbonyl (C=O) groups excluding carboxylic acids is 1. The Bertz CT molecular complexity index is 639. The van der Waals surface area contributed by atoms with Crippen molar-refractivity contribution in [3.63, 3.8) is 0 Å². The van der Waals surface area contributed by atoms with Gasteiger partial charge in [0.15, 0.2) is 0 Å². The van der Waals surface area contributed by atoms with Crippen LogP contribution in [-0.4, -0.2) is 18.7 Å². The second-order valence-corrected chi connectivity index (χ2v) is 4.59. The summed E-state index contributed by atoms with van der Waals surface area (Å²) < 4.78 is 5.35. The number of nitrogens with one attached hydrogen (secondary N) is 1. The van der Waals surface area contributed by atoms with Crippen molar-refractivity contribution in [3.8, 4) is 5.75 Å². The first-order valence-corrected chi connectivity index (χ1v) is 6.89. The summed E-state index contributed by atoms with van der Waals surface area (Å²) in [5, 5.41) is 4.31. The minimum absolute atomic E-state index is 0.345. The van der Waals surface area contributed by atoms with E-state index in [0.29, 0.717) is 17.2 Å². The van der Waals surface area contributed by atoms with E-state index < -0.39 is 0 Å². The molecule has 0 atom stereocenters. The molecule has 1 amide bonds. The van der Waals surface area contributed by atoms with Gasteiger partial charge in [0, 0.05) is 0 Å². The number of hydrazone groups is 1. The van der Waals surface area contributed by atoms with E-state index in [0.717, 1.165) is 11.3 Å². The molecule has 2 aromatic rings. The molecule has 0 aliphatic rings. The maximum absolute atomic E-state index is 11.9. The first kappa shape index (κ1) is 15.1. The van der Waals surface area contributed by atoms with Crippen molar-refractivity contribution in [2.45, 2.75) is 6.92 Å². The largest absolute Gasteiger partial charge is 0.494 e. The van der Waals surface area contributed by atoms with Crippen molar-refractivity contribution >= 4 is 23.7 Å². The van der Waals surface area contributed by atoms with E-state index in [2.05, 4.69) is 10.5 Å². The molecule has 0 unspecified atom stereocenters. The van der Waals surface area contributed by atoms with Gasteiger partial charge in [0.25, 0.3) is 5.91 Å². The van der Waals surface area contributed by atoms with Gasteiger partial charge in [-0.3, -0.25) is 4.79 Å². The molecule has 2 aromatic carbocycles. The van der Waals surface area contributed by atoms with Crippen LogP contribution in [0.4, 0.5) is 0 Å². The molecule has 2 rings (SSSR count). The molecule has 0 aromatic heterocycles. The Labute approximate surface area is 128 Å². The lowest BCUT2D eigenvalue weighted by Gasteiger charge is -2.03. The number of benzene rings is 2. The van der Waals surface area contributed by atoms with Crippen LogP contribution in [0.3, 0.4) is 0 Å². The van der Waals surface area contributed by atoms with Crippen molar-refractivity contribution in [3.05, 3.63) is 64.7 Å². The Kier molecular flexibility index (Phi) is 5.35. The van der Waals surface area contributed by atoms with Crippen LogP contribution in [0.5, 0.6) is 5.75 Å². The maximum Gasteiger partial charge on any atom is 0.272 e. The fraction of sp³-hybridized carbons (Fsp3) is 0.125. The van der Waals surface area contributed by atoms with E-state index >= 15 is 0 Å². The summed E-state index contributed by atoms with van der Waals surface area (Å²) in [6.45, 7) is 2.56. The van der Waals surface area contributed by atoms with Crippen molar-refractivity contribution in [2.24, 2.45) is 5.10 Å². The maximum atomic E-state index is 11.9. The monoisotopic (exact) mass is 302 g/mol. The molecule has 21 heavy (non-hydrogen) atoms. The van der Waals surface area contributed by atoms with Crippen LogP contribution in [0, 0.1) is 0 Å². The van der Waals surface area contributed by atoms with Gasteiger partial charge in [-0.25, -0.2) is 5.43 Å². The lowest BCUT2D eigenvalue weighted by molar-refractivity contribution is 0.0955. The molecule has 0 spiro atoms. The number of ether oxygens (including phenoxy) is 1. The summed E-state index contributed by atoms with van der Waals surface area (Å²) in [6, 6.07) is 14.2. The van der Waals surface area contributed by atoms with Gasteiger partial charge in [0.2, 0.25) is 0 Å². The first-order chi connectivity index (χ1) is 10.2. The average Bonchev–Trinajstić information content (AvgIpc) is 2.49. The normalized spacial score (nSPS) is 10.6. The predicted molar refractivity (Wildman–Crippen MR) is 84.1 cm³/mol. The number of hydrogen-bond donors (Lipinski definition) is 1. The first-order valence-electron chi connectivity index (χ1n) is 6.51. The van der Waals surface area contributed by atoms with Gasteiger partial charge in [0.05, 0.1) is 23.4 Å². The predicted octanol–water partition coefficient (Wildman–Crippen LogP) is 3.50. The van der Waals surface area contributed by atoms with Crippen LogP contribution in [-0.2, 0) is 0 Å². The number of carbonyl (C=O) groups is 1. The van der Waals surface area contributed by atoms with Gasteiger partial charge >= 0.3 is 0 Å². The summed E-state index contributed by atoms with van der Waals surface area (Å²) in [7, 11) is 0. The van der Waals surface area contributed by atoms with Crippen LogP contribution in [0.25, 0.3) is 0 Å². The third-order valence-electron chi connectivity index (χ3n) is 2.69. The van der Waals surface area contributed by atoms with Crippen LogP contribution in [0.15, 0.2) is 53.6 Å². The third-order valence-corrected chi connectivity index (χ3v) is 3.02. The Hall–Kier alpha value is -2.33. The standard InChI is InChI=1S/C16H15ClN2O2/c1-2-21-13-9-7-12(8-10-13)11-18-19-16(20)14-5-3-4-6-15(14)17/h3-11H,2H2,1H3,(H,19,20)/b18-11-. The van der Waals surface area contributed by atoms with Gasteiger partial charge in [-0.05, 0) is 48.9 Å². The van der Waals surface area contributed by atoms with E-state index in [9.17, 15) is 4.79 Å². The summed E-state index contributed by atoms with van der Waals surface area (Å²) in [4.78, 5) is 11.9. The van der Waals surface area contributed by atoms with Gasteiger partial charge in [0.1, 0.15) is 5.75 Å². The molecule has 4 nitrogen and oxygen atoms in total. The Morgan fingerprint density at radius 1 is 1.24 bits per heavy atom. The average molecular weight is 303 g/mol. The highest BCUT2D eigenvalue weighted by atomic mass is 35.5. The molecule has 0 fully saturated rings. The Morgan fingerprint density at radius 2 is 1.95 bits per heavy atom. The van der Waals surface area contributed by atoms with Crippen LogP contribution in [0.2, 0.25) is 5.02 Å². The molecule has 1 N–H and O–H groups in total. The number of hydrogen-bond acceptors (Lipinski definition) is 3. The van der Waals surface area contributed by atoms with Crippen molar-refractivity contribution < 1.29 is 9.53 Å². The number of nitrogens with zero attached hydrogens (tertiary/aromatic N) is 1. The third kappa shape index (κ3) is 4.33. The molecular formula is C16H15ClN2O2. The molecule has 5 heteroatoms. The zero-order valence-electron chi connectivity index (χ0n) is 11.5. The van der Waals surface area contributed by atoms with Gasteiger partial charge in [-0.1, -0.05) is 23.7 Å². The molecule has 0 bridgehead atoms. The molecule has 0 saturated heterocycles. The lowest BCUT2D eigenvalue weighted by Crippen LogP contribution is -2.17. The summed E-state index contributed by atoms with van der Waals surface area (Å²) in [5.41, 5.74) is 3.69. The molecule has 0 saturated carbocycles. The molecule has 108 valence electrons. The summed E-state index contributed by atoms with van der Waals surface area (Å²) in [6.07, 6.45) is 1.56. The van der Waals surface area contributed by atoms with E-state index in [-0.39, 0.29) is 5.91 Å². The molecular weight excluding hydrogens is 288 g/mol. The topological polar surface area (TPSA) is 50.7 Å². The lowest BCUT2D eigenvalue weighted by atomic mass is 10.2. The van der Waals surface area contributed by atoms with Crippen LogP contribution in [0.1, 0.15) is 22.8 Å². The smallest absolute Gasteiger partial charge is 0.272 e. The molecule has 0 radical (unpaired) electrons. The number of amides is 1. The number of rotatable bonds is 5. The van der Waals surface area contributed by atoms with E-state index in [1.807, 2.05) is 31.2 Å². The highest BCUT2D eigenvalue weighted by Crippen LogP contribution is 2.14. The van der Waals surface area contributed by atoms with Crippen molar-refractivity contribution in [1.29, 1.82) is 0 Å². The van der Waals surface area contributed by atoms with E-state index in [1.54, 1.807) is 30.5 Å². The van der Waals surface area contributed by atoms with Crippen molar-refractivity contribution in [2.75, 3.05) is 6.61 Å².